The molecule has 2 rings (SSSR count). The number of nitrogens with zero attached hydrogens (tertiary/aromatic N) is 3. The number of guanidine groups is 1. The molecule has 0 atom stereocenters. The maximum Gasteiger partial charge on any atom is 0.243 e. The fourth-order valence-corrected chi connectivity index (χ4v) is 2.61. The minimum Gasteiger partial charge on any atom is -0.356 e. The summed E-state index contributed by atoms with van der Waals surface area (Å²) in [7, 11) is 3.53. The normalized spacial score (nSPS) is 14.4. The summed E-state index contributed by atoms with van der Waals surface area (Å²) in [4.78, 5) is 20.2. The van der Waals surface area contributed by atoms with Crippen LogP contribution in [-0.2, 0) is 17.8 Å². The first-order chi connectivity index (χ1) is 11.1. The van der Waals surface area contributed by atoms with Gasteiger partial charge in [-0.1, -0.05) is 37.6 Å². The Morgan fingerprint density at radius 3 is 2.74 bits per heavy atom. The second-order valence-electron chi connectivity index (χ2n) is 6.15. The molecule has 0 spiro atoms. The van der Waals surface area contributed by atoms with E-state index in [0.29, 0.717) is 0 Å². The van der Waals surface area contributed by atoms with Crippen LogP contribution in [0.25, 0.3) is 0 Å². The highest BCUT2D eigenvalue weighted by Crippen LogP contribution is 2.18. The second kappa shape index (κ2) is 8.56. The molecule has 1 aliphatic rings. The van der Waals surface area contributed by atoms with Crippen molar-refractivity contribution >= 4 is 11.9 Å². The number of rotatable bonds is 5. The highest BCUT2D eigenvalue weighted by Gasteiger charge is 2.19. The number of carbonyl (C=O) groups excluding carboxylic acids is 1. The van der Waals surface area contributed by atoms with E-state index in [1.165, 1.54) is 11.1 Å². The predicted octanol–water partition coefficient (Wildman–Crippen LogP) is 1.88. The molecule has 1 aromatic rings. The lowest BCUT2D eigenvalue weighted by molar-refractivity contribution is -0.127. The summed E-state index contributed by atoms with van der Waals surface area (Å²) in [5.41, 5.74) is 2.77. The Labute approximate surface area is 139 Å². The molecule has 0 unspecified atom stereocenters. The zero-order valence-corrected chi connectivity index (χ0v) is 14.5. The van der Waals surface area contributed by atoms with Gasteiger partial charge in [0.1, 0.15) is 6.54 Å². The average molecular weight is 316 g/mol. The van der Waals surface area contributed by atoms with E-state index >= 15 is 0 Å². The minimum atomic E-state index is 0.0252. The molecule has 0 radical (unpaired) electrons. The number of amides is 1. The molecule has 1 amide bonds. The number of hydrogen-bond acceptors (Lipinski definition) is 2. The largest absolute Gasteiger partial charge is 0.356 e. The molecule has 1 N–H and O–H groups in total. The van der Waals surface area contributed by atoms with Crippen molar-refractivity contribution < 1.29 is 4.79 Å². The monoisotopic (exact) mass is 316 g/mol. The minimum absolute atomic E-state index is 0.0252. The van der Waals surface area contributed by atoms with E-state index in [1.54, 1.807) is 19.0 Å². The second-order valence-corrected chi connectivity index (χ2v) is 6.15. The number of benzene rings is 1. The fraction of sp³-hybridized carbons (Fsp3) is 0.556. The Hall–Kier alpha value is -2.04. The van der Waals surface area contributed by atoms with E-state index < -0.39 is 0 Å². The first-order valence-electron chi connectivity index (χ1n) is 8.42. The molecule has 23 heavy (non-hydrogen) atoms. The quantitative estimate of drug-likeness (QED) is 0.512. The van der Waals surface area contributed by atoms with Crippen LogP contribution in [0.5, 0.6) is 0 Å². The van der Waals surface area contributed by atoms with Gasteiger partial charge in [0.25, 0.3) is 0 Å². The molecular formula is C18H28N4O. The predicted molar refractivity (Wildman–Crippen MR) is 94.5 cm³/mol. The van der Waals surface area contributed by atoms with Crippen LogP contribution in [0.1, 0.15) is 30.9 Å². The number of likely N-dealkylation sites (N-methyl/N-ethyl adjacent to an activating group) is 1. The fourth-order valence-electron chi connectivity index (χ4n) is 2.61. The van der Waals surface area contributed by atoms with Crippen LogP contribution in [-0.4, -0.2) is 55.4 Å². The third-order valence-corrected chi connectivity index (χ3v) is 4.11. The number of aliphatic imine (C=N–C) groups is 1. The molecule has 0 saturated heterocycles. The molecule has 0 bridgehead atoms. The Morgan fingerprint density at radius 1 is 1.30 bits per heavy atom. The van der Waals surface area contributed by atoms with Gasteiger partial charge in [0, 0.05) is 33.7 Å². The van der Waals surface area contributed by atoms with Gasteiger partial charge < -0.3 is 15.1 Å². The zero-order chi connectivity index (χ0) is 16.7. The lowest BCUT2D eigenvalue weighted by Gasteiger charge is -2.32. The standard InChI is InChI=1S/C18H28N4O/c1-4-5-11-19-18(20-13-17(23)21(2)3)22-12-10-15-8-6-7-9-16(15)14-22/h6-9H,4-5,10-14H2,1-3H3,(H,19,20). The Morgan fingerprint density at radius 2 is 2.04 bits per heavy atom. The Balaban J connectivity index is 2.07. The lowest BCUT2D eigenvalue weighted by atomic mass is 10.0. The molecule has 1 aliphatic heterocycles. The number of fused-ring (bicyclic) bond motifs is 1. The van der Waals surface area contributed by atoms with Crippen LogP contribution < -0.4 is 5.32 Å². The highest BCUT2D eigenvalue weighted by molar-refractivity contribution is 5.85. The SMILES string of the molecule is CCCCNC(=NCC(=O)N(C)C)N1CCc2ccccc2C1. The van der Waals surface area contributed by atoms with E-state index in [-0.39, 0.29) is 12.5 Å². The van der Waals surface area contributed by atoms with Gasteiger partial charge >= 0.3 is 0 Å². The van der Waals surface area contributed by atoms with Gasteiger partial charge in [-0.05, 0) is 24.0 Å². The average Bonchev–Trinajstić information content (AvgIpc) is 2.57. The number of carbonyl (C=O) groups is 1. The molecule has 1 heterocycles. The maximum absolute atomic E-state index is 11.8. The first-order valence-corrected chi connectivity index (χ1v) is 8.42. The number of nitrogens with one attached hydrogen (secondary N) is 1. The van der Waals surface area contributed by atoms with Crippen LogP contribution in [0.4, 0.5) is 0 Å². The number of unbranched alkanes of at least 4 members (excludes halogenated alkanes) is 1. The van der Waals surface area contributed by atoms with Crippen molar-refractivity contribution in [1.82, 2.24) is 15.1 Å². The van der Waals surface area contributed by atoms with E-state index in [4.69, 9.17) is 0 Å². The van der Waals surface area contributed by atoms with Gasteiger partial charge in [-0.15, -0.1) is 0 Å². The van der Waals surface area contributed by atoms with Crippen molar-refractivity contribution in [2.24, 2.45) is 4.99 Å². The maximum atomic E-state index is 11.8. The molecule has 5 heteroatoms. The molecule has 126 valence electrons. The summed E-state index contributed by atoms with van der Waals surface area (Å²) in [6, 6.07) is 8.55. The van der Waals surface area contributed by atoms with Crippen molar-refractivity contribution in [3.63, 3.8) is 0 Å². The summed E-state index contributed by atoms with van der Waals surface area (Å²) in [6.45, 7) is 5.05. The van der Waals surface area contributed by atoms with Crippen molar-refractivity contribution in [2.75, 3.05) is 33.7 Å². The third-order valence-electron chi connectivity index (χ3n) is 4.11. The van der Waals surface area contributed by atoms with Crippen LogP contribution in [0.3, 0.4) is 0 Å². The zero-order valence-electron chi connectivity index (χ0n) is 14.5. The van der Waals surface area contributed by atoms with Crippen molar-refractivity contribution in [1.29, 1.82) is 0 Å². The van der Waals surface area contributed by atoms with Crippen LogP contribution >= 0.6 is 0 Å². The van der Waals surface area contributed by atoms with Gasteiger partial charge in [0.15, 0.2) is 5.96 Å². The van der Waals surface area contributed by atoms with Gasteiger partial charge in [-0.3, -0.25) is 4.79 Å². The molecule has 0 saturated carbocycles. The molecular weight excluding hydrogens is 288 g/mol. The van der Waals surface area contributed by atoms with Crippen molar-refractivity contribution in [3.8, 4) is 0 Å². The Kier molecular flexibility index (Phi) is 6.44. The van der Waals surface area contributed by atoms with Crippen molar-refractivity contribution in [2.45, 2.75) is 32.7 Å². The van der Waals surface area contributed by atoms with E-state index in [9.17, 15) is 4.79 Å². The Bertz CT molecular complexity index is 554. The van der Waals surface area contributed by atoms with Gasteiger partial charge in [0.05, 0.1) is 0 Å². The van der Waals surface area contributed by atoms with E-state index in [0.717, 1.165) is 44.9 Å². The highest BCUT2D eigenvalue weighted by atomic mass is 16.2. The smallest absolute Gasteiger partial charge is 0.243 e. The van der Waals surface area contributed by atoms with Gasteiger partial charge in [-0.2, -0.15) is 0 Å². The summed E-state index contributed by atoms with van der Waals surface area (Å²) in [5.74, 6) is 0.875. The third kappa shape index (κ3) is 4.98. The van der Waals surface area contributed by atoms with Crippen LogP contribution in [0.2, 0.25) is 0 Å². The molecule has 0 aromatic heterocycles. The molecule has 0 aliphatic carbocycles. The van der Waals surface area contributed by atoms with Crippen LogP contribution in [0, 0.1) is 0 Å². The summed E-state index contributed by atoms with van der Waals surface area (Å²) >= 11 is 0. The first kappa shape index (κ1) is 17.3. The topological polar surface area (TPSA) is 47.9 Å². The summed E-state index contributed by atoms with van der Waals surface area (Å²) in [5, 5.41) is 3.42. The van der Waals surface area contributed by atoms with Gasteiger partial charge in [-0.25, -0.2) is 4.99 Å². The van der Waals surface area contributed by atoms with Gasteiger partial charge in [0.2, 0.25) is 5.91 Å². The molecule has 5 nitrogen and oxygen atoms in total. The molecule has 1 aromatic carbocycles. The van der Waals surface area contributed by atoms with Crippen molar-refractivity contribution in [3.05, 3.63) is 35.4 Å². The number of hydrogen-bond donors (Lipinski definition) is 1. The van der Waals surface area contributed by atoms with E-state index in [2.05, 4.69) is 46.4 Å². The summed E-state index contributed by atoms with van der Waals surface area (Å²) < 4.78 is 0. The van der Waals surface area contributed by atoms with E-state index in [1.807, 2.05) is 0 Å². The van der Waals surface area contributed by atoms with Crippen LogP contribution in [0.15, 0.2) is 29.3 Å². The lowest BCUT2D eigenvalue weighted by Crippen LogP contribution is -2.45. The summed E-state index contributed by atoms with van der Waals surface area (Å²) in [6.07, 6.45) is 3.26. The molecule has 0 fully saturated rings.